The quantitative estimate of drug-likeness (QED) is 0.252. The molecule has 1 aromatic carbocycles. The van der Waals surface area contributed by atoms with Gasteiger partial charge in [0, 0.05) is 46.2 Å². The number of carbonyl (C=O) groups excluding carboxylic acids is 1. The van der Waals surface area contributed by atoms with Gasteiger partial charge in [-0.15, -0.1) is 0 Å². The first-order valence-corrected chi connectivity index (χ1v) is 10.7. The number of amides is 1. The summed E-state index contributed by atoms with van der Waals surface area (Å²) in [5, 5.41) is 6.81. The van der Waals surface area contributed by atoms with Gasteiger partial charge in [-0.2, -0.15) is 5.10 Å². The molecule has 1 aliphatic rings. The maximum atomic E-state index is 13.4. The Morgan fingerprint density at radius 2 is 2.12 bits per heavy atom. The topological polar surface area (TPSA) is 122 Å². The van der Waals surface area contributed by atoms with Crippen LogP contribution in [0.25, 0.3) is 16.7 Å². The second-order valence-electron chi connectivity index (χ2n) is 7.14. The molecule has 0 saturated carbocycles. The number of pyridine rings is 1. The molecular formula is C24H26ClN7O. The van der Waals surface area contributed by atoms with Crippen molar-refractivity contribution in [1.29, 1.82) is 0 Å². The monoisotopic (exact) mass is 463 g/mol. The van der Waals surface area contributed by atoms with E-state index in [1.165, 1.54) is 0 Å². The van der Waals surface area contributed by atoms with Crippen LogP contribution < -0.4 is 16.9 Å². The summed E-state index contributed by atoms with van der Waals surface area (Å²) in [6.07, 6.45) is 7.16. The average molecular weight is 464 g/mol. The second-order valence-corrected chi connectivity index (χ2v) is 7.55. The number of aromatic nitrogens is 1. The maximum Gasteiger partial charge on any atom is 0.260 e. The zero-order valence-electron chi connectivity index (χ0n) is 18.5. The first-order valence-electron chi connectivity index (χ1n) is 10.3. The molecule has 170 valence electrons. The van der Waals surface area contributed by atoms with E-state index in [-0.39, 0.29) is 18.3 Å². The number of benzene rings is 1. The molecule has 0 atom stereocenters. The summed E-state index contributed by atoms with van der Waals surface area (Å²) in [6.45, 7) is 8.25. The van der Waals surface area contributed by atoms with E-state index in [4.69, 9.17) is 23.2 Å². The van der Waals surface area contributed by atoms with E-state index in [2.05, 4.69) is 27.0 Å². The first-order chi connectivity index (χ1) is 15.9. The van der Waals surface area contributed by atoms with Crippen molar-refractivity contribution in [3.63, 3.8) is 0 Å². The molecule has 0 unspecified atom stereocenters. The van der Waals surface area contributed by atoms with Gasteiger partial charge in [-0.3, -0.25) is 14.7 Å². The van der Waals surface area contributed by atoms with Crippen LogP contribution in [0.15, 0.2) is 82.9 Å². The number of halogens is 1. The van der Waals surface area contributed by atoms with Gasteiger partial charge in [-0.05, 0) is 37.6 Å². The van der Waals surface area contributed by atoms with Crippen molar-refractivity contribution in [3.05, 3.63) is 83.4 Å². The minimum atomic E-state index is -0.200. The fraction of sp³-hybridized carbons (Fsp3) is 0.167. The van der Waals surface area contributed by atoms with Crippen molar-refractivity contribution in [1.82, 2.24) is 15.2 Å². The number of aliphatic imine (C=N–C) groups is 1. The van der Waals surface area contributed by atoms with Crippen LogP contribution in [-0.2, 0) is 4.79 Å². The van der Waals surface area contributed by atoms with Gasteiger partial charge >= 0.3 is 0 Å². The second kappa shape index (κ2) is 10.6. The number of nitrogens with zero attached hydrogens (tertiary/aromatic N) is 4. The van der Waals surface area contributed by atoms with Crippen molar-refractivity contribution in [2.45, 2.75) is 13.8 Å². The van der Waals surface area contributed by atoms with Gasteiger partial charge in [0.25, 0.3) is 5.91 Å². The Bertz CT molecular complexity index is 1180. The molecule has 9 heteroatoms. The Labute approximate surface area is 198 Å². The van der Waals surface area contributed by atoms with Gasteiger partial charge in [0.1, 0.15) is 17.5 Å². The zero-order valence-corrected chi connectivity index (χ0v) is 19.3. The van der Waals surface area contributed by atoms with Crippen molar-refractivity contribution >= 4 is 34.8 Å². The van der Waals surface area contributed by atoms with Gasteiger partial charge in [0.2, 0.25) is 0 Å². The molecule has 1 amide bonds. The number of carbonyl (C=O) groups is 1. The summed E-state index contributed by atoms with van der Waals surface area (Å²) >= 11 is 6.63. The summed E-state index contributed by atoms with van der Waals surface area (Å²) in [5.74, 6) is 5.97. The number of nitrogens with two attached hydrogens (primary N) is 2. The molecular weight excluding hydrogens is 438 g/mol. The highest BCUT2D eigenvalue weighted by atomic mass is 35.5. The SMILES string of the molecule is C=C(/N=C1\C(=C/C)C=C(c2ccc(-c3cccnc3)cc2Cl)C(=O)N1CC)NC/C(N)=N/N. The molecule has 0 spiro atoms. The Morgan fingerprint density at radius 3 is 2.73 bits per heavy atom. The molecule has 0 saturated heterocycles. The Morgan fingerprint density at radius 1 is 1.33 bits per heavy atom. The Balaban J connectivity index is 1.97. The number of likely N-dealkylation sites (N-methyl/N-ethyl adjacent to an activating group) is 1. The third kappa shape index (κ3) is 5.30. The predicted molar refractivity (Wildman–Crippen MR) is 134 cm³/mol. The van der Waals surface area contributed by atoms with Crippen molar-refractivity contribution in [2.75, 3.05) is 13.1 Å². The van der Waals surface area contributed by atoms with E-state index in [9.17, 15) is 4.79 Å². The third-order valence-electron chi connectivity index (χ3n) is 5.05. The zero-order chi connectivity index (χ0) is 24.0. The van der Waals surface area contributed by atoms with Gasteiger partial charge in [0.15, 0.2) is 0 Å². The molecule has 3 rings (SSSR count). The highest BCUT2D eigenvalue weighted by Crippen LogP contribution is 2.33. The predicted octanol–water partition coefficient (Wildman–Crippen LogP) is 3.28. The van der Waals surface area contributed by atoms with Crippen LogP contribution in [0.3, 0.4) is 0 Å². The highest BCUT2D eigenvalue weighted by Gasteiger charge is 2.30. The van der Waals surface area contributed by atoms with Crippen LogP contribution in [0.1, 0.15) is 19.4 Å². The maximum absolute atomic E-state index is 13.4. The number of rotatable bonds is 7. The lowest BCUT2D eigenvalue weighted by Crippen LogP contribution is -2.41. The lowest BCUT2D eigenvalue weighted by atomic mass is 9.95. The molecule has 0 fully saturated rings. The standard InChI is InChI=1S/C24H26ClN7O/c1-4-16-11-20(19-9-8-17(12-21(19)25)18-7-6-10-28-13-18)24(33)32(5-2)23(16)30-15(3)29-14-22(26)31-27/h4,6-13,29H,3,5,14,27H2,1-2H3,(H2,26,31)/b16-4-,30-23+. The molecule has 1 aromatic heterocycles. The average Bonchev–Trinajstić information content (AvgIpc) is 2.83. The molecule has 0 aliphatic carbocycles. The van der Waals surface area contributed by atoms with Crippen LogP contribution in [-0.4, -0.2) is 40.6 Å². The van der Waals surface area contributed by atoms with Gasteiger partial charge < -0.3 is 16.9 Å². The molecule has 0 radical (unpaired) electrons. The number of hydrogen-bond donors (Lipinski definition) is 3. The van der Waals surface area contributed by atoms with Crippen LogP contribution in [0.4, 0.5) is 0 Å². The smallest absolute Gasteiger partial charge is 0.260 e. The van der Waals surface area contributed by atoms with Crippen molar-refractivity contribution in [2.24, 2.45) is 21.7 Å². The fourth-order valence-electron chi connectivity index (χ4n) is 3.36. The summed E-state index contributed by atoms with van der Waals surface area (Å²) in [4.78, 5) is 23.7. The van der Waals surface area contributed by atoms with E-state index >= 15 is 0 Å². The number of amidine groups is 2. The van der Waals surface area contributed by atoms with E-state index in [1.807, 2.05) is 50.3 Å². The lowest BCUT2D eigenvalue weighted by Gasteiger charge is -2.30. The van der Waals surface area contributed by atoms with Gasteiger partial charge in [-0.1, -0.05) is 42.5 Å². The van der Waals surface area contributed by atoms with E-state index in [0.717, 1.165) is 16.7 Å². The largest absolute Gasteiger partial charge is 0.384 e. The van der Waals surface area contributed by atoms with Gasteiger partial charge in [0.05, 0.1) is 6.54 Å². The van der Waals surface area contributed by atoms with Crippen molar-refractivity contribution < 1.29 is 4.79 Å². The van der Waals surface area contributed by atoms with Crippen LogP contribution in [0.5, 0.6) is 0 Å². The summed E-state index contributed by atoms with van der Waals surface area (Å²) in [7, 11) is 0. The first kappa shape index (κ1) is 23.7. The highest BCUT2D eigenvalue weighted by molar-refractivity contribution is 6.37. The number of nitrogens with one attached hydrogen (secondary N) is 1. The summed E-state index contributed by atoms with van der Waals surface area (Å²) in [5.41, 5.74) is 9.37. The number of hydrazone groups is 1. The van der Waals surface area contributed by atoms with Crippen LogP contribution in [0, 0.1) is 0 Å². The summed E-state index contributed by atoms with van der Waals surface area (Å²) in [6, 6.07) is 9.44. The molecule has 2 aromatic rings. The molecule has 1 aliphatic heterocycles. The molecule has 8 nitrogen and oxygen atoms in total. The lowest BCUT2D eigenvalue weighted by molar-refractivity contribution is -0.121. The molecule has 33 heavy (non-hydrogen) atoms. The normalized spacial score (nSPS) is 16.8. The number of hydrogen-bond acceptors (Lipinski definition) is 6. The van der Waals surface area contributed by atoms with Gasteiger partial charge in [-0.25, -0.2) is 4.99 Å². The van der Waals surface area contributed by atoms with E-state index < -0.39 is 0 Å². The number of allylic oxidation sites excluding steroid dienone is 1. The Hall–Kier alpha value is -3.91. The van der Waals surface area contributed by atoms with Crippen LogP contribution in [0.2, 0.25) is 5.02 Å². The van der Waals surface area contributed by atoms with Crippen molar-refractivity contribution in [3.8, 4) is 11.1 Å². The molecule has 2 heterocycles. The van der Waals surface area contributed by atoms with E-state index in [0.29, 0.717) is 34.4 Å². The van der Waals surface area contributed by atoms with E-state index in [1.54, 1.807) is 23.4 Å². The fourth-order valence-corrected chi connectivity index (χ4v) is 3.64. The molecule has 0 bridgehead atoms. The summed E-state index contributed by atoms with van der Waals surface area (Å²) < 4.78 is 0. The third-order valence-corrected chi connectivity index (χ3v) is 5.36. The minimum Gasteiger partial charge on any atom is -0.384 e. The minimum absolute atomic E-state index is 0.192. The van der Waals surface area contributed by atoms with Crippen LogP contribution >= 0.6 is 11.6 Å². The Kier molecular flexibility index (Phi) is 7.63. The molecule has 5 N–H and O–H groups in total.